The second-order valence-electron chi connectivity index (χ2n) is 9.46. The Morgan fingerprint density at radius 1 is 1.19 bits per heavy atom. The molecule has 5 rings (SSSR count). The molecule has 0 bridgehead atoms. The lowest BCUT2D eigenvalue weighted by atomic mass is 9.72. The van der Waals surface area contributed by atoms with Crippen molar-refractivity contribution in [2.45, 2.75) is 56.9 Å². The minimum atomic E-state index is -0.124. The number of carbonyl (C=O) groups is 1. The Kier molecular flexibility index (Phi) is 5.46. The summed E-state index contributed by atoms with van der Waals surface area (Å²) in [6.07, 6.45) is 6.53. The molecule has 31 heavy (non-hydrogen) atoms. The van der Waals surface area contributed by atoms with Crippen LogP contribution in [0.2, 0.25) is 0 Å². The van der Waals surface area contributed by atoms with Gasteiger partial charge in [0.15, 0.2) is 0 Å². The van der Waals surface area contributed by atoms with Gasteiger partial charge < -0.3 is 14.1 Å². The van der Waals surface area contributed by atoms with E-state index in [1.54, 1.807) is 7.11 Å². The highest BCUT2D eigenvalue weighted by Crippen LogP contribution is 2.46. The highest BCUT2D eigenvalue weighted by Gasteiger charge is 2.55. The van der Waals surface area contributed by atoms with Crippen LogP contribution in [-0.4, -0.2) is 65.2 Å². The van der Waals surface area contributed by atoms with Crippen molar-refractivity contribution < 1.29 is 13.9 Å². The molecule has 0 spiro atoms. The molecule has 0 radical (unpaired) electrons. The number of aromatic nitrogens is 2. The first-order valence-corrected chi connectivity index (χ1v) is 11.5. The fourth-order valence-corrected chi connectivity index (χ4v) is 5.87. The normalized spacial score (nSPS) is 26.9. The Labute approximate surface area is 183 Å². The van der Waals surface area contributed by atoms with Crippen molar-refractivity contribution in [1.82, 2.24) is 20.0 Å². The van der Waals surface area contributed by atoms with Crippen LogP contribution < -0.4 is 4.74 Å². The maximum atomic E-state index is 13.1. The first kappa shape index (κ1) is 20.5. The average Bonchev–Trinajstić information content (AvgIpc) is 3.53. The number of hydrogen-bond acceptors (Lipinski definition) is 6. The number of methoxy groups -OCH3 is 1. The van der Waals surface area contributed by atoms with E-state index < -0.39 is 0 Å². The van der Waals surface area contributed by atoms with Crippen LogP contribution in [0, 0.1) is 12.8 Å². The monoisotopic (exact) mass is 424 g/mol. The van der Waals surface area contributed by atoms with E-state index in [2.05, 4.69) is 20.0 Å². The van der Waals surface area contributed by atoms with E-state index in [0.29, 0.717) is 24.3 Å². The standard InChI is InChI=1S/C24H32N4O3/c1-17-25-26-23(31-17)24-11-12-27(22(29)13-18-7-9-21(30-2)10-8-18)14-19(24)15-28(16-24)20-5-3-4-6-20/h7-10,19-20H,3-6,11-16H2,1-2H3/t19-,24-/m0/s1. The van der Waals surface area contributed by atoms with Gasteiger partial charge in [0.05, 0.1) is 18.9 Å². The quantitative estimate of drug-likeness (QED) is 0.735. The van der Waals surface area contributed by atoms with Gasteiger partial charge in [0.1, 0.15) is 5.75 Å². The summed E-state index contributed by atoms with van der Waals surface area (Å²) < 4.78 is 11.2. The van der Waals surface area contributed by atoms with Crippen LogP contribution in [0.1, 0.15) is 49.4 Å². The van der Waals surface area contributed by atoms with Gasteiger partial charge >= 0.3 is 0 Å². The van der Waals surface area contributed by atoms with Crippen LogP contribution in [0.25, 0.3) is 0 Å². The van der Waals surface area contributed by atoms with E-state index in [0.717, 1.165) is 49.8 Å². The average molecular weight is 425 g/mol. The van der Waals surface area contributed by atoms with E-state index in [1.165, 1.54) is 25.7 Å². The van der Waals surface area contributed by atoms with Gasteiger partial charge in [-0.05, 0) is 37.0 Å². The molecular weight excluding hydrogens is 392 g/mol. The summed E-state index contributed by atoms with van der Waals surface area (Å²) >= 11 is 0. The largest absolute Gasteiger partial charge is 0.497 e. The molecule has 2 saturated heterocycles. The summed E-state index contributed by atoms with van der Waals surface area (Å²) in [6, 6.07) is 8.44. The van der Waals surface area contributed by atoms with Crippen LogP contribution in [0.3, 0.4) is 0 Å². The molecule has 2 aromatic rings. The van der Waals surface area contributed by atoms with E-state index in [1.807, 2.05) is 31.2 Å². The Morgan fingerprint density at radius 3 is 2.65 bits per heavy atom. The third kappa shape index (κ3) is 3.84. The summed E-state index contributed by atoms with van der Waals surface area (Å²) in [5.74, 6) is 2.74. The number of benzene rings is 1. The minimum Gasteiger partial charge on any atom is -0.497 e. The van der Waals surface area contributed by atoms with Crippen molar-refractivity contribution >= 4 is 5.91 Å². The van der Waals surface area contributed by atoms with Gasteiger partial charge in [0.2, 0.25) is 17.7 Å². The van der Waals surface area contributed by atoms with Gasteiger partial charge in [-0.15, -0.1) is 10.2 Å². The van der Waals surface area contributed by atoms with Gasteiger partial charge in [-0.1, -0.05) is 25.0 Å². The number of rotatable bonds is 5. The minimum absolute atomic E-state index is 0.124. The Hall–Kier alpha value is -2.41. The molecule has 1 aromatic heterocycles. The van der Waals surface area contributed by atoms with E-state index >= 15 is 0 Å². The fraction of sp³-hybridized carbons (Fsp3) is 0.625. The molecule has 3 aliphatic rings. The Morgan fingerprint density at radius 2 is 1.97 bits per heavy atom. The first-order chi connectivity index (χ1) is 15.1. The van der Waals surface area contributed by atoms with Crippen LogP contribution in [-0.2, 0) is 16.6 Å². The van der Waals surface area contributed by atoms with Crippen LogP contribution >= 0.6 is 0 Å². The van der Waals surface area contributed by atoms with Crippen molar-refractivity contribution in [2.75, 3.05) is 33.3 Å². The van der Waals surface area contributed by atoms with Crippen molar-refractivity contribution in [3.8, 4) is 5.75 Å². The van der Waals surface area contributed by atoms with Crippen LogP contribution in [0.4, 0.5) is 0 Å². The Balaban J connectivity index is 1.33. The predicted octanol–water partition coefficient (Wildman–Crippen LogP) is 2.97. The van der Waals surface area contributed by atoms with Crippen molar-refractivity contribution in [1.29, 1.82) is 0 Å². The molecule has 0 unspecified atom stereocenters. The fourth-order valence-electron chi connectivity index (χ4n) is 5.87. The zero-order chi connectivity index (χ0) is 21.4. The number of likely N-dealkylation sites (tertiary alicyclic amines) is 2. The van der Waals surface area contributed by atoms with Gasteiger partial charge in [0, 0.05) is 45.1 Å². The lowest BCUT2D eigenvalue weighted by Crippen LogP contribution is -2.51. The molecule has 7 heteroatoms. The topological polar surface area (TPSA) is 71.7 Å². The number of hydrogen-bond donors (Lipinski definition) is 0. The van der Waals surface area contributed by atoms with Crippen LogP contribution in [0.5, 0.6) is 5.75 Å². The second-order valence-corrected chi connectivity index (χ2v) is 9.46. The predicted molar refractivity (Wildman–Crippen MR) is 116 cm³/mol. The maximum Gasteiger partial charge on any atom is 0.227 e. The lowest BCUT2D eigenvalue weighted by molar-refractivity contribution is -0.133. The number of ether oxygens (including phenoxy) is 1. The molecule has 3 fully saturated rings. The van der Waals surface area contributed by atoms with E-state index in [-0.39, 0.29) is 11.3 Å². The number of fused-ring (bicyclic) bond motifs is 1. The second kappa shape index (κ2) is 8.26. The molecule has 0 N–H and O–H groups in total. The number of amides is 1. The van der Waals surface area contributed by atoms with Gasteiger partial charge in [0.25, 0.3) is 0 Å². The molecule has 2 atom stereocenters. The highest BCUT2D eigenvalue weighted by molar-refractivity contribution is 5.79. The molecule has 3 heterocycles. The number of aryl methyl sites for hydroxylation is 1. The molecular formula is C24H32N4O3. The summed E-state index contributed by atoms with van der Waals surface area (Å²) in [7, 11) is 1.65. The molecule has 1 aliphatic carbocycles. The third-order valence-electron chi connectivity index (χ3n) is 7.65. The molecule has 2 aliphatic heterocycles. The van der Waals surface area contributed by atoms with Gasteiger partial charge in [-0.2, -0.15) is 0 Å². The summed E-state index contributed by atoms with van der Waals surface area (Å²) in [4.78, 5) is 17.8. The summed E-state index contributed by atoms with van der Waals surface area (Å²) in [5.41, 5.74) is 0.898. The molecule has 166 valence electrons. The van der Waals surface area contributed by atoms with Crippen LogP contribution in [0.15, 0.2) is 28.7 Å². The summed E-state index contributed by atoms with van der Waals surface area (Å²) in [5, 5.41) is 8.60. The lowest BCUT2D eigenvalue weighted by Gasteiger charge is -2.41. The number of nitrogens with zero attached hydrogens (tertiary/aromatic N) is 4. The molecule has 1 amide bonds. The molecule has 7 nitrogen and oxygen atoms in total. The molecule has 1 saturated carbocycles. The van der Waals surface area contributed by atoms with Crippen molar-refractivity contribution in [2.24, 2.45) is 5.92 Å². The van der Waals surface area contributed by atoms with Gasteiger partial charge in [-0.25, -0.2) is 0 Å². The first-order valence-electron chi connectivity index (χ1n) is 11.5. The zero-order valence-electron chi connectivity index (χ0n) is 18.5. The van der Waals surface area contributed by atoms with E-state index in [4.69, 9.17) is 9.15 Å². The number of carbonyl (C=O) groups excluding carboxylic acids is 1. The SMILES string of the molecule is COc1ccc(CC(=O)N2CC[C@]3(c4nnc(C)o4)CN(C4CCCC4)C[C@@H]3C2)cc1. The highest BCUT2D eigenvalue weighted by atomic mass is 16.5. The maximum absolute atomic E-state index is 13.1. The molecule has 1 aromatic carbocycles. The smallest absolute Gasteiger partial charge is 0.227 e. The van der Waals surface area contributed by atoms with E-state index in [9.17, 15) is 4.79 Å². The Bertz CT molecular complexity index is 921. The third-order valence-corrected chi connectivity index (χ3v) is 7.65. The summed E-state index contributed by atoms with van der Waals surface area (Å²) in [6.45, 7) is 5.35. The zero-order valence-corrected chi connectivity index (χ0v) is 18.5. The van der Waals surface area contributed by atoms with Crippen molar-refractivity contribution in [3.05, 3.63) is 41.6 Å². The van der Waals surface area contributed by atoms with Gasteiger partial charge in [-0.3, -0.25) is 9.69 Å². The number of piperidine rings is 1. The van der Waals surface area contributed by atoms with Crippen molar-refractivity contribution in [3.63, 3.8) is 0 Å².